The number of amides is 2. The lowest BCUT2D eigenvalue weighted by molar-refractivity contribution is -0.140. The third kappa shape index (κ3) is 4.37. The van der Waals surface area contributed by atoms with Gasteiger partial charge in [-0.3, -0.25) is 9.59 Å². The number of piperazine rings is 1. The smallest absolute Gasteiger partial charge is 0.260 e. The highest BCUT2D eigenvalue weighted by Crippen LogP contribution is 2.15. The Hall–Kier alpha value is -2.83. The van der Waals surface area contributed by atoms with Gasteiger partial charge in [-0.2, -0.15) is 0 Å². The Morgan fingerprint density at radius 1 is 1.00 bits per heavy atom. The van der Waals surface area contributed by atoms with Gasteiger partial charge in [-0.1, -0.05) is 12.1 Å². The summed E-state index contributed by atoms with van der Waals surface area (Å²) in [4.78, 5) is 30.8. The minimum Gasteiger partial charge on any atom is -0.481 e. The van der Waals surface area contributed by atoms with E-state index in [0.717, 1.165) is 5.69 Å². The number of nitrogens with zero attached hydrogens (tertiary/aromatic N) is 2. The van der Waals surface area contributed by atoms with Crippen LogP contribution < -0.4 is 4.74 Å². The number of carbonyl (C=O) groups is 2. The summed E-state index contributed by atoms with van der Waals surface area (Å²) in [6.45, 7) is 1.68. The number of nitrogens with one attached hydrogen (secondary N) is 1. The molecule has 132 valence electrons. The molecule has 1 aliphatic rings. The van der Waals surface area contributed by atoms with Crippen LogP contribution in [0.5, 0.6) is 5.75 Å². The van der Waals surface area contributed by atoms with Gasteiger partial charge < -0.3 is 19.5 Å². The first kappa shape index (κ1) is 17.0. The number of H-pyrrole nitrogens is 1. The second-order valence-corrected chi connectivity index (χ2v) is 5.85. The van der Waals surface area contributed by atoms with E-state index in [4.69, 9.17) is 4.74 Å². The Kier molecular flexibility index (Phi) is 5.33. The number of hydrogen-bond donors (Lipinski definition) is 1. The van der Waals surface area contributed by atoms with Crippen LogP contribution in [0.3, 0.4) is 0 Å². The van der Waals surface area contributed by atoms with Crippen LogP contribution in [0, 0.1) is 5.82 Å². The Balaban J connectivity index is 1.44. The molecule has 2 amide bonds. The fourth-order valence-corrected chi connectivity index (χ4v) is 2.75. The number of hydrogen-bond acceptors (Lipinski definition) is 3. The highest BCUT2D eigenvalue weighted by Gasteiger charge is 2.24. The van der Waals surface area contributed by atoms with Crippen LogP contribution in [0.1, 0.15) is 5.69 Å². The summed E-state index contributed by atoms with van der Waals surface area (Å²) in [5.74, 6) is -0.595. The first-order chi connectivity index (χ1) is 12.1. The van der Waals surface area contributed by atoms with Crippen molar-refractivity contribution in [2.75, 3.05) is 32.8 Å². The largest absolute Gasteiger partial charge is 0.481 e. The summed E-state index contributed by atoms with van der Waals surface area (Å²) in [6.07, 6.45) is 2.12. The van der Waals surface area contributed by atoms with Gasteiger partial charge in [0, 0.05) is 38.1 Å². The molecule has 0 atom stereocenters. The first-order valence-corrected chi connectivity index (χ1v) is 8.18. The monoisotopic (exact) mass is 345 g/mol. The van der Waals surface area contributed by atoms with E-state index in [9.17, 15) is 14.0 Å². The summed E-state index contributed by atoms with van der Waals surface area (Å²) >= 11 is 0. The topological polar surface area (TPSA) is 65.6 Å². The van der Waals surface area contributed by atoms with Crippen LogP contribution in [0.25, 0.3) is 0 Å². The van der Waals surface area contributed by atoms with Crippen molar-refractivity contribution in [3.05, 3.63) is 54.1 Å². The lowest BCUT2D eigenvalue weighted by Crippen LogP contribution is -2.52. The van der Waals surface area contributed by atoms with E-state index in [-0.39, 0.29) is 24.2 Å². The van der Waals surface area contributed by atoms with Gasteiger partial charge in [-0.05, 0) is 24.3 Å². The average molecular weight is 345 g/mol. The van der Waals surface area contributed by atoms with E-state index in [1.165, 1.54) is 12.1 Å². The lowest BCUT2D eigenvalue weighted by Gasteiger charge is -2.34. The number of ether oxygens (including phenoxy) is 1. The van der Waals surface area contributed by atoms with Crippen molar-refractivity contribution >= 4 is 11.8 Å². The molecule has 1 fully saturated rings. The number of carbonyl (C=O) groups excluding carboxylic acids is 2. The molecule has 1 saturated heterocycles. The molecule has 2 heterocycles. The first-order valence-electron chi connectivity index (χ1n) is 8.18. The zero-order valence-corrected chi connectivity index (χ0v) is 13.8. The Bertz CT molecular complexity index is 725. The van der Waals surface area contributed by atoms with Crippen molar-refractivity contribution in [2.45, 2.75) is 6.42 Å². The van der Waals surface area contributed by atoms with Crippen LogP contribution in [0.15, 0.2) is 42.6 Å². The molecule has 0 radical (unpaired) electrons. The van der Waals surface area contributed by atoms with Crippen LogP contribution in [-0.2, 0) is 16.0 Å². The second kappa shape index (κ2) is 7.83. The number of para-hydroxylation sites is 1. The molecule has 0 saturated carbocycles. The molecule has 2 aromatic rings. The molecule has 1 N–H and O–H groups in total. The molecule has 6 nitrogen and oxygen atoms in total. The highest BCUT2D eigenvalue weighted by atomic mass is 19.1. The molecular weight excluding hydrogens is 325 g/mol. The normalized spacial score (nSPS) is 14.4. The lowest BCUT2D eigenvalue weighted by atomic mass is 10.2. The molecule has 3 rings (SSSR count). The molecule has 7 heteroatoms. The Morgan fingerprint density at radius 3 is 2.32 bits per heavy atom. The van der Waals surface area contributed by atoms with Crippen molar-refractivity contribution in [2.24, 2.45) is 0 Å². The van der Waals surface area contributed by atoms with E-state index in [0.29, 0.717) is 32.6 Å². The highest BCUT2D eigenvalue weighted by molar-refractivity contribution is 5.80. The van der Waals surface area contributed by atoms with Crippen LogP contribution in [0.2, 0.25) is 0 Å². The number of halogens is 1. The number of aromatic amines is 1. The van der Waals surface area contributed by atoms with E-state index >= 15 is 0 Å². The van der Waals surface area contributed by atoms with Crippen LogP contribution >= 0.6 is 0 Å². The van der Waals surface area contributed by atoms with Crippen LogP contribution in [-0.4, -0.2) is 59.4 Å². The number of rotatable bonds is 5. The SMILES string of the molecule is O=C(COc1ccccc1F)N1CCN(C(=O)Cc2ccc[nH]2)CC1. The molecule has 1 aliphatic heterocycles. The van der Waals surface area contributed by atoms with Gasteiger partial charge in [0.1, 0.15) is 0 Å². The molecule has 1 aromatic heterocycles. The van der Waals surface area contributed by atoms with Crippen molar-refractivity contribution in [3.63, 3.8) is 0 Å². The van der Waals surface area contributed by atoms with E-state index in [2.05, 4.69) is 4.98 Å². The third-order valence-electron chi connectivity index (χ3n) is 4.18. The van der Waals surface area contributed by atoms with Crippen LogP contribution in [0.4, 0.5) is 4.39 Å². The summed E-state index contributed by atoms with van der Waals surface area (Å²) in [7, 11) is 0. The number of aromatic nitrogens is 1. The molecule has 0 bridgehead atoms. The van der Waals surface area contributed by atoms with Gasteiger partial charge >= 0.3 is 0 Å². The van der Waals surface area contributed by atoms with Crippen molar-refractivity contribution in [1.29, 1.82) is 0 Å². The molecule has 0 aliphatic carbocycles. The third-order valence-corrected chi connectivity index (χ3v) is 4.18. The van der Waals surface area contributed by atoms with E-state index < -0.39 is 5.82 Å². The molecule has 0 spiro atoms. The fourth-order valence-electron chi connectivity index (χ4n) is 2.75. The zero-order chi connectivity index (χ0) is 17.6. The maximum atomic E-state index is 13.5. The van der Waals surface area contributed by atoms with Crippen molar-refractivity contribution in [3.8, 4) is 5.75 Å². The summed E-state index contributed by atoms with van der Waals surface area (Å²) in [6, 6.07) is 9.71. The Morgan fingerprint density at radius 2 is 1.68 bits per heavy atom. The quantitative estimate of drug-likeness (QED) is 0.892. The maximum absolute atomic E-state index is 13.5. The maximum Gasteiger partial charge on any atom is 0.260 e. The fraction of sp³-hybridized carbons (Fsp3) is 0.333. The summed E-state index contributed by atoms with van der Waals surface area (Å²) in [5, 5.41) is 0. The predicted molar refractivity (Wildman–Crippen MR) is 89.6 cm³/mol. The van der Waals surface area contributed by atoms with E-state index in [1.807, 2.05) is 12.1 Å². The molecule has 0 unspecified atom stereocenters. The van der Waals surface area contributed by atoms with Gasteiger partial charge in [0.05, 0.1) is 6.42 Å². The molecular formula is C18H20FN3O3. The average Bonchev–Trinajstić information content (AvgIpc) is 3.14. The van der Waals surface area contributed by atoms with Gasteiger partial charge in [-0.15, -0.1) is 0 Å². The molecule has 25 heavy (non-hydrogen) atoms. The van der Waals surface area contributed by atoms with Gasteiger partial charge in [0.2, 0.25) is 5.91 Å². The zero-order valence-electron chi connectivity index (χ0n) is 13.8. The molecule has 1 aromatic carbocycles. The summed E-state index contributed by atoms with van der Waals surface area (Å²) in [5.41, 5.74) is 0.877. The van der Waals surface area contributed by atoms with E-state index in [1.54, 1.807) is 28.1 Å². The minimum atomic E-state index is -0.491. The minimum absolute atomic E-state index is 0.0390. The van der Waals surface area contributed by atoms with Gasteiger partial charge in [-0.25, -0.2) is 4.39 Å². The summed E-state index contributed by atoms with van der Waals surface area (Å²) < 4.78 is 18.7. The standard InChI is InChI=1S/C18H20FN3O3/c19-15-5-1-2-6-16(15)25-13-18(24)22-10-8-21(9-11-22)17(23)12-14-4-3-7-20-14/h1-7,20H,8-13H2. The van der Waals surface area contributed by atoms with Gasteiger partial charge in [0.15, 0.2) is 18.2 Å². The van der Waals surface area contributed by atoms with Crippen molar-refractivity contribution < 1.29 is 18.7 Å². The van der Waals surface area contributed by atoms with Gasteiger partial charge in [0.25, 0.3) is 5.91 Å². The van der Waals surface area contributed by atoms with Crippen molar-refractivity contribution in [1.82, 2.24) is 14.8 Å². The Labute approximate surface area is 145 Å². The second-order valence-electron chi connectivity index (χ2n) is 5.85. The number of benzene rings is 1. The predicted octanol–water partition coefficient (Wildman–Crippen LogP) is 1.45.